The lowest BCUT2D eigenvalue weighted by atomic mass is 9.82. The zero-order valence-corrected chi connectivity index (χ0v) is 29.5. The lowest BCUT2D eigenvalue weighted by molar-refractivity contribution is 0.664. The lowest BCUT2D eigenvalue weighted by Gasteiger charge is -2.25. The molecule has 11 rings (SSSR count). The molecule has 0 amide bonds. The third-order valence-electron chi connectivity index (χ3n) is 11.2. The summed E-state index contributed by atoms with van der Waals surface area (Å²) in [5.41, 5.74) is 15.7. The van der Waals surface area contributed by atoms with Crippen molar-refractivity contribution >= 4 is 55.1 Å². The summed E-state index contributed by atoms with van der Waals surface area (Å²) in [5, 5.41) is 4.66. The normalized spacial score (nSPS) is 14.1. The summed E-state index contributed by atoms with van der Waals surface area (Å²) in [5.74, 6) is 0.168. The van der Waals surface area contributed by atoms with Crippen LogP contribution in [-0.4, -0.2) is 10.3 Å². The Morgan fingerprint density at radius 3 is 1.74 bits per heavy atom. The van der Waals surface area contributed by atoms with E-state index >= 15 is 0 Å². The molecule has 1 aliphatic rings. The molecule has 0 unspecified atom stereocenters. The molecular weight excluding hydrogens is 657 g/mol. The van der Waals surface area contributed by atoms with Gasteiger partial charge in [-0.15, -0.1) is 0 Å². The lowest BCUT2D eigenvalue weighted by Crippen LogP contribution is -2.14. The van der Waals surface area contributed by atoms with Crippen molar-refractivity contribution in [2.24, 2.45) is 4.99 Å². The minimum Gasteiger partial charge on any atom is -0.454 e. The monoisotopic (exact) mass is 690 g/mol. The van der Waals surface area contributed by atoms with E-state index in [0.29, 0.717) is 0 Å². The number of para-hydroxylation sites is 2. The van der Waals surface area contributed by atoms with Gasteiger partial charge in [-0.05, 0) is 81.4 Å². The van der Waals surface area contributed by atoms with Gasteiger partial charge in [-0.25, -0.2) is 0 Å². The molecule has 1 atom stereocenters. The van der Waals surface area contributed by atoms with Crippen LogP contribution in [0.4, 0.5) is 5.69 Å². The van der Waals surface area contributed by atoms with Crippen LogP contribution < -0.4 is 0 Å². The number of benzene rings is 8. The van der Waals surface area contributed by atoms with Crippen LogP contribution in [0.3, 0.4) is 0 Å². The van der Waals surface area contributed by atoms with E-state index in [9.17, 15) is 0 Å². The maximum atomic E-state index is 6.97. The van der Waals surface area contributed by atoms with Crippen LogP contribution in [0.5, 0.6) is 0 Å². The molecule has 3 nitrogen and oxygen atoms in total. The molecule has 254 valence electrons. The van der Waals surface area contributed by atoms with E-state index in [-0.39, 0.29) is 5.92 Å². The standard InChI is InChI=1S/C51H34N2O/c1-4-13-33(14-5-1)36-24-27-47-43(29-36)44-30-37(34-15-6-2-7-16-34)25-28-48(44)53(47)49-22-12-20-41-40-26-23-38(31-50(40)54-51(41)49)42-32-46(35-17-8-3-9-18-35)52-45-21-11-10-19-39(42)45/h1-31,42H,32H2/t42-/m0/s1. The fourth-order valence-corrected chi connectivity index (χ4v) is 8.58. The molecule has 8 aromatic carbocycles. The zero-order chi connectivity index (χ0) is 35.6. The SMILES string of the molecule is c1ccc(C2=Nc3ccccc3[C@H](c3ccc4c(c3)oc3c(-n5c6ccc(-c7ccccc7)cc6c6cc(-c7ccccc7)ccc65)cccc34)C2)cc1. The van der Waals surface area contributed by atoms with E-state index in [4.69, 9.17) is 9.41 Å². The van der Waals surface area contributed by atoms with Gasteiger partial charge < -0.3 is 8.98 Å². The van der Waals surface area contributed by atoms with E-state index < -0.39 is 0 Å². The van der Waals surface area contributed by atoms with Gasteiger partial charge in [0, 0.05) is 39.6 Å². The molecule has 0 bridgehead atoms. The molecule has 0 saturated carbocycles. The number of hydrogen-bond donors (Lipinski definition) is 0. The third-order valence-corrected chi connectivity index (χ3v) is 11.2. The van der Waals surface area contributed by atoms with Gasteiger partial charge in [-0.3, -0.25) is 4.99 Å². The number of rotatable bonds is 5. The van der Waals surface area contributed by atoms with Gasteiger partial charge in [0.15, 0.2) is 5.58 Å². The summed E-state index contributed by atoms with van der Waals surface area (Å²) in [7, 11) is 0. The predicted octanol–water partition coefficient (Wildman–Crippen LogP) is 13.7. The first-order valence-corrected chi connectivity index (χ1v) is 18.6. The number of hydrogen-bond acceptors (Lipinski definition) is 2. The molecule has 0 saturated heterocycles. The summed E-state index contributed by atoms with van der Waals surface area (Å²) in [4.78, 5) is 5.11. The summed E-state index contributed by atoms with van der Waals surface area (Å²) in [6.45, 7) is 0. The van der Waals surface area contributed by atoms with Crippen molar-refractivity contribution < 1.29 is 4.42 Å². The van der Waals surface area contributed by atoms with E-state index in [1.807, 2.05) is 0 Å². The van der Waals surface area contributed by atoms with Gasteiger partial charge in [0.2, 0.25) is 0 Å². The molecule has 3 heterocycles. The molecule has 0 spiro atoms. The van der Waals surface area contributed by atoms with Gasteiger partial charge >= 0.3 is 0 Å². The second-order valence-corrected chi connectivity index (χ2v) is 14.3. The maximum absolute atomic E-state index is 6.97. The Kier molecular flexibility index (Phi) is 6.99. The predicted molar refractivity (Wildman–Crippen MR) is 224 cm³/mol. The largest absolute Gasteiger partial charge is 0.454 e. The van der Waals surface area contributed by atoms with Crippen LogP contribution in [0.1, 0.15) is 29.0 Å². The molecule has 0 radical (unpaired) electrons. The fraction of sp³-hybridized carbons (Fsp3) is 0.0392. The van der Waals surface area contributed by atoms with Crippen LogP contribution >= 0.6 is 0 Å². The number of nitrogens with zero attached hydrogens (tertiary/aromatic N) is 2. The second kappa shape index (κ2) is 12.3. The van der Waals surface area contributed by atoms with Crippen LogP contribution in [0.2, 0.25) is 0 Å². The van der Waals surface area contributed by atoms with Gasteiger partial charge in [-0.1, -0.05) is 146 Å². The molecule has 54 heavy (non-hydrogen) atoms. The Morgan fingerprint density at radius 2 is 1.07 bits per heavy atom. The van der Waals surface area contributed by atoms with Crippen LogP contribution in [0.25, 0.3) is 71.7 Å². The van der Waals surface area contributed by atoms with Gasteiger partial charge in [0.05, 0.1) is 22.4 Å². The third kappa shape index (κ3) is 4.93. The van der Waals surface area contributed by atoms with Crippen molar-refractivity contribution in [1.29, 1.82) is 0 Å². The molecule has 10 aromatic rings. The van der Waals surface area contributed by atoms with E-state index in [1.54, 1.807) is 0 Å². The summed E-state index contributed by atoms with van der Waals surface area (Å²) in [6, 6.07) is 67.5. The van der Waals surface area contributed by atoms with Crippen molar-refractivity contribution in [3.05, 3.63) is 205 Å². The Bertz CT molecular complexity index is 2970. The first-order valence-electron chi connectivity index (χ1n) is 18.6. The summed E-state index contributed by atoms with van der Waals surface area (Å²) < 4.78 is 9.36. The number of aliphatic imine (C=N–C) groups is 1. The maximum Gasteiger partial charge on any atom is 0.159 e. The Balaban J connectivity index is 1.09. The fourth-order valence-electron chi connectivity index (χ4n) is 8.58. The highest BCUT2D eigenvalue weighted by atomic mass is 16.3. The highest BCUT2D eigenvalue weighted by Crippen LogP contribution is 2.44. The van der Waals surface area contributed by atoms with E-state index in [0.717, 1.165) is 56.5 Å². The quantitative estimate of drug-likeness (QED) is 0.177. The molecule has 2 aromatic heterocycles. The van der Waals surface area contributed by atoms with Crippen molar-refractivity contribution in [2.75, 3.05) is 0 Å². The molecular formula is C51H34N2O. The van der Waals surface area contributed by atoms with Crippen LogP contribution in [-0.2, 0) is 0 Å². The van der Waals surface area contributed by atoms with Gasteiger partial charge in [-0.2, -0.15) is 0 Å². The highest BCUT2D eigenvalue weighted by molar-refractivity contribution is 6.14. The number of aromatic nitrogens is 1. The molecule has 0 aliphatic carbocycles. The average molecular weight is 691 g/mol. The average Bonchev–Trinajstić information content (AvgIpc) is 3.79. The Morgan fingerprint density at radius 1 is 0.463 bits per heavy atom. The Hall–Kier alpha value is -6.97. The minimum atomic E-state index is 0.168. The topological polar surface area (TPSA) is 30.4 Å². The van der Waals surface area contributed by atoms with Gasteiger partial charge in [0.25, 0.3) is 0 Å². The van der Waals surface area contributed by atoms with Crippen molar-refractivity contribution in [1.82, 2.24) is 4.57 Å². The van der Waals surface area contributed by atoms with E-state index in [1.165, 1.54) is 49.7 Å². The molecule has 0 N–H and O–H groups in total. The van der Waals surface area contributed by atoms with Crippen LogP contribution in [0.15, 0.2) is 197 Å². The minimum absolute atomic E-state index is 0.168. The van der Waals surface area contributed by atoms with Gasteiger partial charge in [0.1, 0.15) is 5.58 Å². The highest BCUT2D eigenvalue weighted by Gasteiger charge is 2.26. The smallest absolute Gasteiger partial charge is 0.159 e. The molecule has 1 aliphatic heterocycles. The number of furan rings is 1. The molecule has 0 fully saturated rings. The van der Waals surface area contributed by atoms with E-state index in [2.05, 4.69) is 193 Å². The number of fused-ring (bicyclic) bond motifs is 7. The van der Waals surface area contributed by atoms with Crippen molar-refractivity contribution in [3.63, 3.8) is 0 Å². The summed E-state index contributed by atoms with van der Waals surface area (Å²) >= 11 is 0. The first kappa shape index (κ1) is 30.6. The first-order chi connectivity index (χ1) is 26.8. The van der Waals surface area contributed by atoms with Crippen molar-refractivity contribution in [2.45, 2.75) is 12.3 Å². The van der Waals surface area contributed by atoms with Crippen LogP contribution in [0, 0.1) is 0 Å². The summed E-state index contributed by atoms with van der Waals surface area (Å²) in [6.07, 6.45) is 0.829. The zero-order valence-electron chi connectivity index (χ0n) is 29.5. The van der Waals surface area contributed by atoms with Crippen molar-refractivity contribution in [3.8, 4) is 27.9 Å². The molecule has 3 heteroatoms. The Labute approximate surface area is 313 Å². The second-order valence-electron chi connectivity index (χ2n) is 14.3.